The molecule has 1 aliphatic rings. The molecule has 1 fully saturated rings. The van der Waals surface area contributed by atoms with Crippen LogP contribution in [0.1, 0.15) is 42.7 Å². The fourth-order valence-electron chi connectivity index (χ4n) is 2.52. The van der Waals surface area contributed by atoms with E-state index in [9.17, 15) is 14.7 Å². The van der Waals surface area contributed by atoms with E-state index in [1.54, 1.807) is 12.1 Å². The van der Waals surface area contributed by atoms with Crippen LogP contribution < -0.4 is 10.6 Å². The lowest BCUT2D eigenvalue weighted by Gasteiger charge is -2.27. The van der Waals surface area contributed by atoms with Gasteiger partial charge in [0.05, 0.1) is 18.4 Å². The van der Waals surface area contributed by atoms with Crippen LogP contribution in [0.5, 0.6) is 0 Å². The number of nitrogens with one attached hydrogen (secondary N) is 2. The molecule has 0 bridgehead atoms. The molecule has 0 spiro atoms. The van der Waals surface area contributed by atoms with E-state index in [-0.39, 0.29) is 37.1 Å². The molecule has 0 aromatic carbocycles. The van der Waals surface area contributed by atoms with Crippen LogP contribution in [0, 0.1) is 0 Å². The Morgan fingerprint density at radius 3 is 2.70 bits per heavy atom. The van der Waals surface area contributed by atoms with Gasteiger partial charge >= 0.3 is 0 Å². The van der Waals surface area contributed by atoms with E-state index < -0.39 is 5.54 Å². The van der Waals surface area contributed by atoms with Gasteiger partial charge in [-0.2, -0.15) is 0 Å². The van der Waals surface area contributed by atoms with E-state index in [0.29, 0.717) is 0 Å². The quantitative estimate of drug-likeness (QED) is 0.719. The van der Waals surface area contributed by atoms with Gasteiger partial charge in [-0.25, -0.2) is 0 Å². The second-order valence-corrected chi connectivity index (χ2v) is 5.18. The summed E-state index contributed by atoms with van der Waals surface area (Å²) in [6.07, 6.45) is 5.29. The number of hydrogen-bond acceptors (Lipinski definition) is 4. The number of amides is 2. The van der Waals surface area contributed by atoms with Gasteiger partial charge in [0.2, 0.25) is 5.91 Å². The molecule has 1 aromatic heterocycles. The van der Waals surface area contributed by atoms with Crippen LogP contribution in [-0.2, 0) is 4.79 Å². The highest BCUT2D eigenvalue weighted by atomic mass is 16.3. The third-order valence-electron chi connectivity index (χ3n) is 3.65. The first-order chi connectivity index (χ1) is 9.65. The summed E-state index contributed by atoms with van der Waals surface area (Å²) < 4.78 is 4.95. The maximum absolute atomic E-state index is 11.8. The Labute approximate surface area is 117 Å². The Balaban J connectivity index is 1.71. The molecule has 0 aliphatic heterocycles. The number of carbonyl (C=O) groups excluding carboxylic acids is 2. The average molecular weight is 280 g/mol. The smallest absolute Gasteiger partial charge is 0.286 e. The molecular formula is C14H20N2O4. The molecule has 2 amide bonds. The Bertz CT molecular complexity index is 450. The van der Waals surface area contributed by atoms with Crippen molar-refractivity contribution >= 4 is 11.8 Å². The summed E-state index contributed by atoms with van der Waals surface area (Å²) in [6, 6.07) is 3.20. The van der Waals surface area contributed by atoms with Crippen molar-refractivity contribution in [2.45, 2.75) is 37.6 Å². The van der Waals surface area contributed by atoms with Crippen molar-refractivity contribution in [3.8, 4) is 0 Å². The summed E-state index contributed by atoms with van der Waals surface area (Å²) >= 11 is 0. The predicted octanol–water partition coefficient (Wildman–Crippen LogP) is 0.821. The minimum absolute atomic E-state index is 0.0303. The molecule has 0 radical (unpaired) electrons. The molecule has 1 saturated carbocycles. The normalized spacial score (nSPS) is 16.9. The largest absolute Gasteiger partial charge is 0.459 e. The second-order valence-electron chi connectivity index (χ2n) is 5.18. The van der Waals surface area contributed by atoms with Crippen LogP contribution >= 0.6 is 0 Å². The molecule has 6 nitrogen and oxygen atoms in total. The first-order valence-electron chi connectivity index (χ1n) is 6.89. The van der Waals surface area contributed by atoms with Crippen LogP contribution in [0.25, 0.3) is 0 Å². The van der Waals surface area contributed by atoms with Gasteiger partial charge in [-0.15, -0.1) is 0 Å². The molecular weight excluding hydrogens is 260 g/mol. The summed E-state index contributed by atoms with van der Waals surface area (Å²) in [6.45, 7) is 0.213. The van der Waals surface area contributed by atoms with Gasteiger partial charge in [0, 0.05) is 13.0 Å². The molecule has 0 atom stereocenters. The summed E-state index contributed by atoms with van der Waals surface area (Å²) in [5, 5.41) is 14.9. The predicted molar refractivity (Wildman–Crippen MR) is 72.1 cm³/mol. The van der Waals surface area contributed by atoms with E-state index in [4.69, 9.17) is 4.42 Å². The van der Waals surface area contributed by atoms with E-state index in [1.165, 1.54) is 6.26 Å². The average Bonchev–Trinajstić information content (AvgIpc) is 3.10. The highest BCUT2D eigenvalue weighted by Crippen LogP contribution is 2.29. The number of aliphatic hydroxyl groups is 1. The van der Waals surface area contributed by atoms with Crippen molar-refractivity contribution in [2.75, 3.05) is 13.2 Å². The number of aliphatic hydroxyl groups excluding tert-OH is 1. The van der Waals surface area contributed by atoms with Crippen LogP contribution in [0.3, 0.4) is 0 Å². The van der Waals surface area contributed by atoms with Crippen LogP contribution in [-0.4, -0.2) is 35.6 Å². The fraction of sp³-hybridized carbons (Fsp3) is 0.571. The maximum atomic E-state index is 11.8. The lowest BCUT2D eigenvalue weighted by atomic mass is 9.99. The van der Waals surface area contributed by atoms with E-state index >= 15 is 0 Å². The molecule has 0 unspecified atom stereocenters. The van der Waals surface area contributed by atoms with E-state index in [2.05, 4.69) is 10.6 Å². The topological polar surface area (TPSA) is 91.6 Å². The number of carbonyl (C=O) groups is 2. The summed E-state index contributed by atoms with van der Waals surface area (Å²) in [7, 11) is 0. The van der Waals surface area contributed by atoms with Crippen molar-refractivity contribution in [2.24, 2.45) is 0 Å². The first-order valence-corrected chi connectivity index (χ1v) is 6.89. The van der Waals surface area contributed by atoms with Gasteiger partial charge in [0.25, 0.3) is 5.91 Å². The molecule has 2 rings (SSSR count). The van der Waals surface area contributed by atoms with Gasteiger partial charge in [0.1, 0.15) is 0 Å². The molecule has 1 aromatic rings. The standard InChI is InChI=1S/C14H20N2O4/c17-10-14(6-1-2-7-14)16-12(18)5-8-15-13(19)11-4-3-9-20-11/h3-4,9,17H,1-2,5-8,10H2,(H,15,19)(H,16,18). The Hall–Kier alpha value is -1.82. The SMILES string of the molecule is O=C(CCNC(=O)c1ccco1)NC1(CO)CCCC1. The Morgan fingerprint density at radius 2 is 2.10 bits per heavy atom. The molecule has 1 aliphatic carbocycles. The maximum Gasteiger partial charge on any atom is 0.286 e. The summed E-state index contributed by atoms with van der Waals surface area (Å²) in [4.78, 5) is 23.4. The van der Waals surface area contributed by atoms with Gasteiger partial charge in [-0.05, 0) is 25.0 Å². The highest BCUT2D eigenvalue weighted by Gasteiger charge is 2.34. The Morgan fingerprint density at radius 1 is 1.35 bits per heavy atom. The zero-order chi connectivity index (χ0) is 14.4. The summed E-state index contributed by atoms with van der Waals surface area (Å²) in [5.74, 6) is -0.255. The number of furan rings is 1. The molecule has 3 N–H and O–H groups in total. The van der Waals surface area contributed by atoms with Crippen LogP contribution in [0.15, 0.2) is 22.8 Å². The van der Waals surface area contributed by atoms with Crippen molar-refractivity contribution < 1.29 is 19.1 Å². The zero-order valence-electron chi connectivity index (χ0n) is 11.4. The monoisotopic (exact) mass is 280 g/mol. The van der Waals surface area contributed by atoms with Crippen LogP contribution in [0.2, 0.25) is 0 Å². The molecule has 20 heavy (non-hydrogen) atoms. The zero-order valence-corrected chi connectivity index (χ0v) is 11.4. The molecule has 0 saturated heterocycles. The minimum atomic E-state index is -0.456. The number of rotatable bonds is 6. The van der Waals surface area contributed by atoms with Gasteiger partial charge in [-0.1, -0.05) is 12.8 Å². The van der Waals surface area contributed by atoms with Crippen LogP contribution in [0.4, 0.5) is 0 Å². The fourth-order valence-corrected chi connectivity index (χ4v) is 2.52. The molecule has 1 heterocycles. The van der Waals surface area contributed by atoms with Crippen molar-refractivity contribution in [1.29, 1.82) is 0 Å². The lowest BCUT2D eigenvalue weighted by molar-refractivity contribution is -0.123. The first kappa shape index (κ1) is 14.6. The van der Waals surface area contributed by atoms with E-state index in [1.807, 2.05) is 0 Å². The number of hydrogen-bond donors (Lipinski definition) is 3. The molecule has 110 valence electrons. The summed E-state index contributed by atoms with van der Waals surface area (Å²) in [5.41, 5.74) is -0.456. The van der Waals surface area contributed by atoms with Gasteiger partial charge in [-0.3, -0.25) is 9.59 Å². The molecule has 6 heteroatoms. The highest BCUT2D eigenvalue weighted by molar-refractivity contribution is 5.91. The minimum Gasteiger partial charge on any atom is -0.459 e. The van der Waals surface area contributed by atoms with Crippen molar-refractivity contribution in [3.05, 3.63) is 24.2 Å². The Kier molecular flexibility index (Phi) is 4.79. The van der Waals surface area contributed by atoms with Crippen molar-refractivity contribution in [1.82, 2.24) is 10.6 Å². The third kappa shape index (κ3) is 3.60. The van der Waals surface area contributed by atoms with Crippen molar-refractivity contribution in [3.63, 3.8) is 0 Å². The van der Waals surface area contributed by atoms with Gasteiger partial charge in [0.15, 0.2) is 5.76 Å². The third-order valence-corrected chi connectivity index (χ3v) is 3.65. The van der Waals surface area contributed by atoms with Gasteiger partial charge < -0.3 is 20.2 Å². The van der Waals surface area contributed by atoms with E-state index in [0.717, 1.165) is 25.7 Å². The second kappa shape index (κ2) is 6.56. The lowest BCUT2D eigenvalue weighted by Crippen LogP contribution is -2.49.